The molecule has 3 aromatic rings. The van der Waals surface area contributed by atoms with Crippen LogP contribution in [0.1, 0.15) is 21.7 Å². The minimum atomic E-state index is -0.398. The SMILES string of the molecule is COC(=O)c1ccc(OCc2cc(=O)n3c(C)csc3n2)cc1. The van der Waals surface area contributed by atoms with Gasteiger partial charge in [0.15, 0.2) is 4.96 Å². The van der Waals surface area contributed by atoms with Crippen LogP contribution in [0, 0.1) is 6.92 Å². The standard InChI is InChI=1S/C16H14N2O4S/c1-10-9-23-16-17-12(7-14(19)18(10)16)8-22-13-5-3-11(4-6-13)15(20)21-2/h3-7,9H,8H2,1-2H3. The summed E-state index contributed by atoms with van der Waals surface area (Å²) in [6.07, 6.45) is 0. The second-order valence-electron chi connectivity index (χ2n) is 4.89. The van der Waals surface area contributed by atoms with Crippen LogP contribution >= 0.6 is 11.3 Å². The van der Waals surface area contributed by atoms with Crippen molar-refractivity contribution in [2.75, 3.05) is 7.11 Å². The van der Waals surface area contributed by atoms with E-state index in [4.69, 9.17) is 4.74 Å². The molecule has 0 unspecified atom stereocenters. The fourth-order valence-corrected chi connectivity index (χ4v) is 3.03. The number of esters is 1. The van der Waals surface area contributed by atoms with Crippen molar-refractivity contribution in [2.45, 2.75) is 13.5 Å². The van der Waals surface area contributed by atoms with E-state index >= 15 is 0 Å². The first-order valence-corrected chi connectivity index (χ1v) is 7.74. The summed E-state index contributed by atoms with van der Waals surface area (Å²) in [5.74, 6) is 0.187. The number of carbonyl (C=O) groups excluding carboxylic acids is 1. The number of aromatic nitrogens is 2. The van der Waals surface area contributed by atoms with E-state index in [-0.39, 0.29) is 12.2 Å². The smallest absolute Gasteiger partial charge is 0.337 e. The summed E-state index contributed by atoms with van der Waals surface area (Å²) in [6, 6.07) is 8.06. The number of ether oxygens (including phenoxy) is 2. The molecule has 3 rings (SSSR count). The van der Waals surface area contributed by atoms with Crippen LogP contribution in [0.15, 0.2) is 40.5 Å². The number of thiazole rings is 1. The number of carbonyl (C=O) groups is 1. The zero-order valence-corrected chi connectivity index (χ0v) is 13.4. The summed E-state index contributed by atoms with van der Waals surface area (Å²) in [4.78, 5) is 28.5. The van der Waals surface area contributed by atoms with Crippen molar-refractivity contribution in [3.05, 3.63) is 63.0 Å². The van der Waals surface area contributed by atoms with Crippen molar-refractivity contribution in [3.8, 4) is 5.75 Å². The summed E-state index contributed by atoms with van der Waals surface area (Å²) in [6.45, 7) is 2.05. The first kappa shape index (κ1) is 15.2. The van der Waals surface area contributed by atoms with Crippen LogP contribution in [0.5, 0.6) is 5.75 Å². The molecule has 2 heterocycles. The third-order valence-corrected chi connectivity index (χ3v) is 4.23. The fraction of sp³-hybridized carbons (Fsp3) is 0.188. The van der Waals surface area contributed by atoms with Gasteiger partial charge in [-0.3, -0.25) is 9.20 Å². The maximum atomic E-state index is 12.1. The lowest BCUT2D eigenvalue weighted by Crippen LogP contribution is -2.15. The summed E-state index contributed by atoms with van der Waals surface area (Å²) in [7, 11) is 1.33. The van der Waals surface area contributed by atoms with E-state index in [2.05, 4.69) is 9.72 Å². The highest BCUT2D eigenvalue weighted by Crippen LogP contribution is 2.15. The molecule has 0 radical (unpaired) electrons. The molecule has 7 heteroatoms. The largest absolute Gasteiger partial charge is 0.487 e. The van der Waals surface area contributed by atoms with E-state index in [1.54, 1.807) is 28.7 Å². The Hall–Kier alpha value is -2.67. The number of fused-ring (bicyclic) bond motifs is 1. The lowest BCUT2D eigenvalue weighted by atomic mass is 10.2. The van der Waals surface area contributed by atoms with E-state index < -0.39 is 5.97 Å². The Kier molecular flexibility index (Phi) is 4.12. The highest BCUT2D eigenvalue weighted by Gasteiger charge is 2.08. The molecule has 23 heavy (non-hydrogen) atoms. The van der Waals surface area contributed by atoms with Crippen LogP contribution in [-0.2, 0) is 11.3 Å². The van der Waals surface area contributed by atoms with Crippen molar-refractivity contribution in [3.63, 3.8) is 0 Å². The number of aryl methyl sites for hydroxylation is 1. The maximum absolute atomic E-state index is 12.1. The normalized spacial score (nSPS) is 10.7. The van der Waals surface area contributed by atoms with Crippen LogP contribution in [0.4, 0.5) is 0 Å². The molecule has 0 aliphatic rings. The van der Waals surface area contributed by atoms with Gasteiger partial charge >= 0.3 is 5.97 Å². The van der Waals surface area contributed by atoms with Gasteiger partial charge in [-0.25, -0.2) is 9.78 Å². The molecule has 0 N–H and O–H groups in total. The Bertz CT molecular complexity index is 912. The molecule has 0 bridgehead atoms. The number of rotatable bonds is 4. The van der Waals surface area contributed by atoms with Crippen molar-refractivity contribution in [1.82, 2.24) is 9.38 Å². The van der Waals surface area contributed by atoms with Gasteiger partial charge in [-0.05, 0) is 31.2 Å². The maximum Gasteiger partial charge on any atom is 0.337 e. The lowest BCUT2D eigenvalue weighted by Gasteiger charge is -2.06. The summed E-state index contributed by atoms with van der Waals surface area (Å²) in [5.41, 5.74) is 1.77. The Morgan fingerprint density at radius 1 is 1.30 bits per heavy atom. The van der Waals surface area contributed by atoms with Gasteiger partial charge in [0.2, 0.25) is 0 Å². The second kappa shape index (κ2) is 6.21. The molecule has 0 spiro atoms. The van der Waals surface area contributed by atoms with Crippen LogP contribution in [-0.4, -0.2) is 22.5 Å². The lowest BCUT2D eigenvalue weighted by molar-refractivity contribution is 0.0600. The van der Waals surface area contributed by atoms with Crippen LogP contribution < -0.4 is 10.3 Å². The molecule has 1 aromatic carbocycles. The van der Waals surface area contributed by atoms with Crippen molar-refractivity contribution >= 4 is 22.3 Å². The molecule has 0 amide bonds. The Morgan fingerprint density at radius 3 is 2.74 bits per heavy atom. The third kappa shape index (κ3) is 3.09. The summed E-state index contributed by atoms with van der Waals surface area (Å²) in [5, 5.41) is 1.89. The number of nitrogens with zero attached hydrogens (tertiary/aromatic N) is 2. The zero-order chi connectivity index (χ0) is 16.4. The first-order chi connectivity index (χ1) is 11.1. The van der Waals surface area contributed by atoms with Gasteiger partial charge in [-0.1, -0.05) is 0 Å². The minimum absolute atomic E-state index is 0.117. The quantitative estimate of drug-likeness (QED) is 0.687. The van der Waals surface area contributed by atoms with Gasteiger partial charge in [0, 0.05) is 17.1 Å². The molecule has 0 saturated carbocycles. The average molecular weight is 330 g/mol. The average Bonchev–Trinajstić information content (AvgIpc) is 2.94. The van der Waals surface area contributed by atoms with Crippen LogP contribution in [0.3, 0.4) is 0 Å². The molecule has 0 atom stereocenters. The topological polar surface area (TPSA) is 69.9 Å². The molecule has 0 aliphatic heterocycles. The van der Waals surface area contributed by atoms with Gasteiger partial charge in [0.1, 0.15) is 12.4 Å². The zero-order valence-electron chi connectivity index (χ0n) is 12.6. The molecule has 6 nitrogen and oxygen atoms in total. The van der Waals surface area contributed by atoms with E-state index in [0.717, 1.165) is 5.69 Å². The van der Waals surface area contributed by atoms with Crippen LogP contribution in [0.2, 0.25) is 0 Å². The molecule has 2 aromatic heterocycles. The van der Waals surface area contributed by atoms with Gasteiger partial charge in [0.05, 0.1) is 18.4 Å². The molecule has 118 valence electrons. The first-order valence-electron chi connectivity index (χ1n) is 6.86. The van der Waals surface area contributed by atoms with E-state index in [0.29, 0.717) is 22.0 Å². The van der Waals surface area contributed by atoms with E-state index in [9.17, 15) is 9.59 Å². The van der Waals surface area contributed by atoms with Gasteiger partial charge < -0.3 is 9.47 Å². The molecule has 0 aliphatic carbocycles. The Morgan fingerprint density at radius 2 is 2.04 bits per heavy atom. The van der Waals surface area contributed by atoms with E-state index in [1.165, 1.54) is 24.5 Å². The van der Waals surface area contributed by atoms with Crippen molar-refractivity contribution in [2.24, 2.45) is 0 Å². The number of methoxy groups -OCH3 is 1. The second-order valence-corrected chi connectivity index (χ2v) is 5.72. The molecule has 0 fully saturated rings. The van der Waals surface area contributed by atoms with Crippen molar-refractivity contribution in [1.29, 1.82) is 0 Å². The summed E-state index contributed by atoms with van der Waals surface area (Å²) < 4.78 is 11.8. The highest BCUT2D eigenvalue weighted by atomic mass is 32.1. The monoisotopic (exact) mass is 330 g/mol. The molecular formula is C16H14N2O4S. The summed E-state index contributed by atoms with van der Waals surface area (Å²) >= 11 is 1.42. The minimum Gasteiger partial charge on any atom is -0.487 e. The van der Waals surface area contributed by atoms with Gasteiger partial charge in [-0.15, -0.1) is 11.3 Å². The molecular weight excluding hydrogens is 316 g/mol. The predicted octanol–water partition coefficient (Wildman–Crippen LogP) is 2.43. The Balaban J connectivity index is 1.75. The third-order valence-electron chi connectivity index (χ3n) is 3.29. The van der Waals surface area contributed by atoms with Gasteiger partial charge in [-0.2, -0.15) is 0 Å². The number of hydrogen-bond acceptors (Lipinski definition) is 6. The van der Waals surface area contributed by atoms with Crippen LogP contribution in [0.25, 0.3) is 4.96 Å². The number of hydrogen-bond donors (Lipinski definition) is 0. The molecule has 0 saturated heterocycles. The van der Waals surface area contributed by atoms with E-state index in [1.807, 2.05) is 12.3 Å². The predicted molar refractivity (Wildman–Crippen MR) is 86.2 cm³/mol. The van der Waals surface area contributed by atoms with Gasteiger partial charge in [0.25, 0.3) is 5.56 Å². The Labute approximate surface area is 135 Å². The van der Waals surface area contributed by atoms with Crippen molar-refractivity contribution < 1.29 is 14.3 Å². The highest BCUT2D eigenvalue weighted by molar-refractivity contribution is 7.15. The number of benzene rings is 1. The fourth-order valence-electron chi connectivity index (χ4n) is 2.14.